The van der Waals surface area contributed by atoms with Crippen molar-refractivity contribution in [2.45, 2.75) is 0 Å². The Labute approximate surface area is 107 Å². The van der Waals surface area contributed by atoms with Gasteiger partial charge in [0.2, 0.25) is 0 Å². The Balaban J connectivity index is 0. The van der Waals surface area contributed by atoms with Crippen LogP contribution in [-0.4, -0.2) is 46.2 Å². The first-order chi connectivity index (χ1) is 0. The van der Waals surface area contributed by atoms with Gasteiger partial charge in [0.1, 0.15) is 0 Å². The van der Waals surface area contributed by atoms with E-state index < -0.39 is 0 Å². The van der Waals surface area contributed by atoms with E-state index in [0.717, 1.165) is 0 Å². The molecule has 0 saturated heterocycles. The van der Waals surface area contributed by atoms with Crippen LogP contribution in [0.5, 0.6) is 0 Å². The standard InChI is InChI=1S/B.Ca.5ClH/h;;5*1H/q+3;+2;;;;;/p-5. The first-order valence-corrected chi connectivity index (χ1v) is 0. The Morgan fingerprint density at radius 3 is 0.429 bits per heavy atom. The van der Waals surface area contributed by atoms with E-state index in [-0.39, 0.29) is 108 Å². The predicted molar refractivity (Wildman–Crippen MR) is 11.5 cm³/mol. The summed E-state index contributed by atoms with van der Waals surface area (Å²) in [6, 6.07) is 0. The molecule has 0 aliphatic carbocycles. The zero-order valence-electron chi connectivity index (χ0n) is 3.17. The first kappa shape index (κ1) is 97.8. The first-order valence-electron chi connectivity index (χ1n) is 0. The molecule has 0 aromatic heterocycles. The maximum Gasteiger partial charge on any atom is 3.00 e. The van der Waals surface area contributed by atoms with Crippen molar-refractivity contribution in [3.8, 4) is 0 Å². The van der Waals surface area contributed by atoms with Gasteiger partial charge in [-0.3, -0.25) is 0 Å². The fraction of sp³-hybridized carbons (Fsp3) is 0. The molecule has 0 N–H and O–H groups in total. The largest absolute Gasteiger partial charge is 3.00 e. The predicted octanol–water partition coefficient (Wildman–Crippen LogP) is -15.7. The SMILES string of the molecule is [B+3].[Ca+2].[Cl-].[Cl-].[Cl-].[Cl-].[Cl-]. The second-order valence-corrected chi connectivity index (χ2v) is 0. The smallest absolute Gasteiger partial charge is 1.00 e. The third-order valence-electron chi connectivity index (χ3n) is 0. The van der Waals surface area contributed by atoms with E-state index in [1.54, 1.807) is 0 Å². The summed E-state index contributed by atoms with van der Waals surface area (Å²) < 4.78 is 0. The zero-order chi connectivity index (χ0) is 0. The molecule has 0 aromatic carbocycles. The van der Waals surface area contributed by atoms with Gasteiger partial charge in [0, 0.05) is 0 Å². The summed E-state index contributed by atoms with van der Waals surface area (Å²) in [5, 5.41) is 0. The Bertz CT molecular complexity index is 8.04. The fourth-order valence-corrected chi connectivity index (χ4v) is 0. The summed E-state index contributed by atoms with van der Waals surface area (Å²) in [6.45, 7) is 0. The van der Waals surface area contributed by atoms with Gasteiger partial charge in [0.15, 0.2) is 0 Å². The molecule has 0 amide bonds. The van der Waals surface area contributed by atoms with E-state index in [9.17, 15) is 0 Å². The van der Waals surface area contributed by atoms with Crippen molar-refractivity contribution in [3.63, 3.8) is 0 Å². The fourth-order valence-electron chi connectivity index (χ4n) is 0. The molecule has 7 heteroatoms. The van der Waals surface area contributed by atoms with Crippen molar-refractivity contribution in [1.82, 2.24) is 0 Å². The Hall–Kier alpha value is 2.77. The molecule has 0 nitrogen and oxygen atoms in total. The van der Waals surface area contributed by atoms with Crippen molar-refractivity contribution < 1.29 is 62.0 Å². The molecule has 7 heavy (non-hydrogen) atoms. The Kier molecular flexibility index (Phi) is 962. The van der Waals surface area contributed by atoms with Gasteiger partial charge in [0.05, 0.1) is 0 Å². The van der Waals surface area contributed by atoms with Crippen LogP contribution < -0.4 is 62.0 Å². The van der Waals surface area contributed by atoms with E-state index in [0.29, 0.717) is 0 Å². The zero-order valence-corrected chi connectivity index (χ0v) is 9.16. The van der Waals surface area contributed by atoms with E-state index >= 15 is 0 Å². The summed E-state index contributed by atoms with van der Waals surface area (Å²) >= 11 is 0. The Morgan fingerprint density at radius 2 is 0.429 bits per heavy atom. The van der Waals surface area contributed by atoms with Gasteiger partial charge in [-0.2, -0.15) is 0 Å². The molecule has 0 rings (SSSR count). The van der Waals surface area contributed by atoms with Crippen LogP contribution in [-0.2, 0) is 0 Å². The third-order valence-corrected chi connectivity index (χ3v) is 0. The Morgan fingerprint density at radius 1 is 0.429 bits per heavy atom. The molecule has 0 aromatic rings. The van der Waals surface area contributed by atoms with Crippen LogP contribution in [0.25, 0.3) is 0 Å². The van der Waals surface area contributed by atoms with Crippen molar-refractivity contribution in [1.29, 1.82) is 0 Å². The van der Waals surface area contributed by atoms with Gasteiger partial charge in [0.25, 0.3) is 0 Å². The molecule has 40 valence electrons. The molecule has 0 radical (unpaired) electrons. The second kappa shape index (κ2) is 68.9. The molecule has 0 aliphatic heterocycles. The molecule has 0 spiro atoms. The number of halogens is 5. The second-order valence-electron chi connectivity index (χ2n) is 0. The average Bonchev–Trinajstić information content (AvgIpc) is 0. The summed E-state index contributed by atoms with van der Waals surface area (Å²) in [6.07, 6.45) is 0. The van der Waals surface area contributed by atoms with Crippen LogP contribution in [0.2, 0.25) is 0 Å². The monoisotopic (exact) mass is 226 g/mol. The van der Waals surface area contributed by atoms with E-state index in [4.69, 9.17) is 0 Å². The van der Waals surface area contributed by atoms with Gasteiger partial charge in [-0.25, -0.2) is 0 Å². The van der Waals surface area contributed by atoms with Crippen LogP contribution in [0.3, 0.4) is 0 Å². The summed E-state index contributed by atoms with van der Waals surface area (Å²) in [7, 11) is 0. The summed E-state index contributed by atoms with van der Waals surface area (Å²) in [5.74, 6) is 0. The van der Waals surface area contributed by atoms with Gasteiger partial charge < -0.3 is 62.0 Å². The number of rotatable bonds is 0. The molecule has 0 aliphatic rings. The minimum absolute atomic E-state index is 0. The maximum absolute atomic E-state index is 0. The van der Waals surface area contributed by atoms with E-state index in [1.807, 2.05) is 0 Å². The molecule has 0 saturated carbocycles. The molecule has 0 unspecified atom stereocenters. The van der Waals surface area contributed by atoms with Crippen molar-refractivity contribution >= 4 is 46.2 Å². The quantitative estimate of drug-likeness (QED) is 0.361. The number of hydrogen-bond donors (Lipinski definition) is 0. The summed E-state index contributed by atoms with van der Waals surface area (Å²) in [4.78, 5) is 0. The van der Waals surface area contributed by atoms with E-state index in [2.05, 4.69) is 0 Å². The van der Waals surface area contributed by atoms with Gasteiger partial charge in [-0.1, -0.05) is 0 Å². The topological polar surface area (TPSA) is 0 Å². The minimum Gasteiger partial charge on any atom is -1.00 e. The number of hydrogen-bond acceptors (Lipinski definition) is 0. The van der Waals surface area contributed by atoms with Crippen LogP contribution in [0.15, 0.2) is 0 Å². The molecule has 0 atom stereocenters. The van der Waals surface area contributed by atoms with Crippen LogP contribution >= 0.6 is 0 Å². The summed E-state index contributed by atoms with van der Waals surface area (Å²) in [5.41, 5.74) is 0. The van der Waals surface area contributed by atoms with E-state index in [1.165, 1.54) is 0 Å². The minimum atomic E-state index is 0. The molecular formula is BCaCl5. The third kappa shape index (κ3) is 52.3. The molecule has 0 fully saturated rings. The van der Waals surface area contributed by atoms with Gasteiger partial charge >= 0.3 is 46.2 Å². The molecule has 0 bridgehead atoms. The van der Waals surface area contributed by atoms with Crippen LogP contribution in [0, 0.1) is 0 Å². The molecule has 0 heterocycles. The average molecular weight is 228 g/mol. The van der Waals surface area contributed by atoms with Gasteiger partial charge in [-0.05, 0) is 0 Å². The van der Waals surface area contributed by atoms with Crippen molar-refractivity contribution in [2.75, 3.05) is 0 Å². The van der Waals surface area contributed by atoms with Crippen LogP contribution in [0.4, 0.5) is 0 Å². The normalized spacial score (nSPS) is 0. The molecular weight excluding hydrogens is 228 g/mol. The van der Waals surface area contributed by atoms with Gasteiger partial charge in [-0.15, -0.1) is 0 Å². The maximum atomic E-state index is 0. The van der Waals surface area contributed by atoms with Crippen molar-refractivity contribution in [2.24, 2.45) is 0 Å². The van der Waals surface area contributed by atoms with Crippen molar-refractivity contribution in [3.05, 3.63) is 0 Å². The van der Waals surface area contributed by atoms with Crippen LogP contribution in [0.1, 0.15) is 0 Å².